The van der Waals surface area contributed by atoms with Gasteiger partial charge in [0, 0.05) is 30.3 Å². The number of hydrogen-bond donors (Lipinski definition) is 1. The highest BCUT2D eigenvalue weighted by Gasteiger charge is 2.59. The van der Waals surface area contributed by atoms with Gasteiger partial charge in [-0.15, -0.1) is 0 Å². The molecule has 2 bridgehead atoms. The van der Waals surface area contributed by atoms with Gasteiger partial charge in [0.25, 0.3) is 0 Å². The van der Waals surface area contributed by atoms with Crippen molar-refractivity contribution in [2.24, 2.45) is 5.92 Å². The Bertz CT molecular complexity index is 1200. The fourth-order valence-corrected chi connectivity index (χ4v) is 22.1. The first-order valence-corrected chi connectivity index (χ1v) is 22.4. The molecule has 0 aliphatic carbocycles. The third-order valence-corrected chi connectivity index (χ3v) is 24.9. The Morgan fingerprint density at radius 3 is 1.78 bits per heavy atom. The second kappa shape index (κ2) is 14.2. The average molecular weight is 671 g/mol. The van der Waals surface area contributed by atoms with Crippen molar-refractivity contribution in [1.29, 1.82) is 5.26 Å². The molecule has 46 heavy (non-hydrogen) atoms. The summed E-state index contributed by atoms with van der Waals surface area (Å²) in [7, 11) is -0.228. The summed E-state index contributed by atoms with van der Waals surface area (Å²) in [6.07, 6.45) is 1.85. The molecule has 0 aromatic heterocycles. The largest absolute Gasteiger partial charge is 0.494 e. The fraction of sp³-hybridized carbons (Fsp3) is 0.811. The highest BCUT2D eigenvalue weighted by molar-refractivity contribution is 6.78. The van der Waals surface area contributed by atoms with Crippen LogP contribution in [-0.4, -0.2) is 78.0 Å². The molecule has 0 radical (unpaired) electrons. The molecule has 0 amide bonds. The first-order valence-electron chi connectivity index (χ1n) is 18.1. The van der Waals surface area contributed by atoms with E-state index in [2.05, 4.69) is 112 Å². The van der Waals surface area contributed by atoms with E-state index in [-0.39, 0.29) is 24.2 Å². The molecule has 0 saturated carbocycles. The predicted octanol–water partition coefficient (Wildman–Crippen LogP) is 8.52. The molecule has 3 aliphatic heterocycles. The lowest BCUT2D eigenvalue weighted by molar-refractivity contribution is -0.0527. The van der Waals surface area contributed by atoms with Crippen molar-refractivity contribution >= 4 is 22.3 Å². The normalized spacial score (nSPS) is 27.3. The predicted molar refractivity (Wildman–Crippen MR) is 196 cm³/mol. The van der Waals surface area contributed by atoms with Crippen molar-refractivity contribution < 1.29 is 13.6 Å². The third-order valence-electron chi connectivity index (χ3n) is 12.7. The summed E-state index contributed by atoms with van der Waals surface area (Å²) < 4.78 is 20.7. The lowest BCUT2D eigenvalue weighted by Gasteiger charge is -2.55. The van der Waals surface area contributed by atoms with Gasteiger partial charge in [-0.25, -0.2) is 0 Å². The van der Waals surface area contributed by atoms with Crippen LogP contribution in [-0.2, 0) is 15.3 Å². The molecule has 3 aliphatic rings. The topological polar surface area (TPSA) is 84.0 Å². The summed E-state index contributed by atoms with van der Waals surface area (Å²) in [5.74, 6) is 1.12. The number of benzene rings is 1. The summed E-state index contributed by atoms with van der Waals surface area (Å²) in [6.45, 7) is 29.6. The first kappa shape index (κ1) is 37.4. The van der Waals surface area contributed by atoms with E-state index >= 15 is 0 Å². The van der Waals surface area contributed by atoms with Crippen LogP contribution in [0.1, 0.15) is 107 Å². The van der Waals surface area contributed by atoms with E-state index in [0.29, 0.717) is 57.5 Å². The quantitative estimate of drug-likeness (QED) is 0.166. The maximum absolute atomic E-state index is 10.9. The Morgan fingerprint density at radius 1 is 0.826 bits per heavy atom. The van der Waals surface area contributed by atoms with Crippen LogP contribution in [0.25, 0.3) is 0 Å². The van der Waals surface area contributed by atoms with Crippen LogP contribution in [0.5, 0.6) is 5.75 Å². The minimum absolute atomic E-state index is 0.103. The molecular weight excluding hydrogens is 605 g/mol. The Labute approximate surface area is 283 Å². The summed E-state index contributed by atoms with van der Waals surface area (Å²) in [5.41, 5.74) is 12.7. The standard InChI is InChI=1S/C37H66N4O3Si2/c1-22(2)45(23(3)4,24(5)6)43-20-29-18-31-33(19-38)41-32(36(29)40(31)13)17-28-15-16-30(39)37(42-14)35(28)34(41)21-44-46(25(7)8,26(9)10)27(11)12/h15-16,22-27,29,31-34,36H,17-18,20-21,39H2,1-14H3/t29-,31-,32-,33+,34-,36+/m0/s1. The highest BCUT2D eigenvalue weighted by atomic mass is 28.4. The molecular formula is C37H66N4O3Si2. The third kappa shape index (κ3) is 5.91. The molecule has 0 spiro atoms. The Balaban J connectivity index is 1.80. The van der Waals surface area contributed by atoms with Crippen LogP contribution in [0.3, 0.4) is 0 Å². The lowest BCUT2D eigenvalue weighted by atomic mass is 9.80. The number of nitriles is 1. The van der Waals surface area contributed by atoms with Gasteiger partial charge in [-0.3, -0.25) is 9.80 Å². The van der Waals surface area contributed by atoms with E-state index in [1.807, 2.05) is 6.07 Å². The monoisotopic (exact) mass is 670 g/mol. The number of fused-ring (bicyclic) bond motifs is 5. The summed E-state index contributed by atoms with van der Waals surface area (Å²) in [5, 5.41) is 10.9. The summed E-state index contributed by atoms with van der Waals surface area (Å²) >= 11 is 0. The Hall–Kier alpha value is -1.42. The number of nitrogens with zero attached hydrogens (tertiary/aromatic N) is 3. The van der Waals surface area contributed by atoms with E-state index in [0.717, 1.165) is 30.8 Å². The molecule has 9 heteroatoms. The number of rotatable bonds is 13. The zero-order chi connectivity index (χ0) is 34.5. The molecule has 7 nitrogen and oxygen atoms in total. The lowest BCUT2D eigenvalue weighted by Crippen LogP contribution is -2.67. The molecule has 2 saturated heterocycles. The van der Waals surface area contributed by atoms with Gasteiger partial charge in [-0.2, -0.15) is 5.26 Å². The number of hydrogen-bond acceptors (Lipinski definition) is 7. The zero-order valence-electron chi connectivity index (χ0n) is 31.6. The van der Waals surface area contributed by atoms with Crippen LogP contribution in [0, 0.1) is 17.2 Å². The van der Waals surface area contributed by atoms with Crippen molar-refractivity contribution in [2.75, 3.05) is 33.1 Å². The first-order chi connectivity index (χ1) is 21.5. The number of methoxy groups -OCH3 is 1. The van der Waals surface area contributed by atoms with Crippen LogP contribution >= 0.6 is 0 Å². The molecule has 3 heterocycles. The van der Waals surface area contributed by atoms with Gasteiger partial charge in [0.05, 0.1) is 31.5 Å². The fourth-order valence-electron chi connectivity index (χ4n) is 11.1. The number of nitrogens with two attached hydrogens (primary N) is 1. The van der Waals surface area contributed by atoms with Gasteiger partial charge >= 0.3 is 0 Å². The minimum Gasteiger partial charge on any atom is -0.494 e. The summed E-state index contributed by atoms with van der Waals surface area (Å²) in [4.78, 5) is 5.09. The number of anilines is 1. The van der Waals surface area contributed by atoms with Gasteiger partial charge < -0.3 is 19.3 Å². The molecule has 260 valence electrons. The Morgan fingerprint density at radius 2 is 1.33 bits per heavy atom. The van der Waals surface area contributed by atoms with Crippen molar-refractivity contribution in [3.63, 3.8) is 0 Å². The molecule has 2 fully saturated rings. The second-order valence-electron chi connectivity index (χ2n) is 16.5. The molecule has 6 atom stereocenters. The van der Waals surface area contributed by atoms with Gasteiger partial charge in [0.15, 0.2) is 16.6 Å². The van der Waals surface area contributed by atoms with E-state index < -0.39 is 16.6 Å². The van der Waals surface area contributed by atoms with Crippen molar-refractivity contribution in [3.05, 3.63) is 23.3 Å². The van der Waals surface area contributed by atoms with Crippen LogP contribution < -0.4 is 10.5 Å². The Kier molecular flexibility index (Phi) is 11.6. The summed E-state index contributed by atoms with van der Waals surface area (Å²) in [6, 6.07) is 7.30. The van der Waals surface area contributed by atoms with E-state index in [1.54, 1.807) is 7.11 Å². The maximum atomic E-state index is 10.9. The average Bonchev–Trinajstić information content (AvgIpc) is 3.20. The molecule has 1 aromatic carbocycles. The molecule has 4 rings (SSSR count). The molecule has 2 N–H and O–H groups in total. The number of ether oxygens (including phenoxy) is 1. The van der Waals surface area contributed by atoms with Crippen LogP contribution in [0.2, 0.25) is 33.2 Å². The molecule has 1 aromatic rings. The van der Waals surface area contributed by atoms with Crippen molar-refractivity contribution in [3.8, 4) is 11.8 Å². The zero-order valence-corrected chi connectivity index (χ0v) is 33.6. The van der Waals surface area contributed by atoms with Crippen LogP contribution in [0.4, 0.5) is 5.69 Å². The van der Waals surface area contributed by atoms with E-state index in [1.165, 1.54) is 5.56 Å². The van der Waals surface area contributed by atoms with Crippen molar-refractivity contribution in [1.82, 2.24) is 9.80 Å². The smallest absolute Gasteiger partial charge is 0.200 e. The second-order valence-corrected chi connectivity index (χ2v) is 27.5. The van der Waals surface area contributed by atoms with E-state index in [4.69, 9.17) is 19.3 Å². The van der Waals surface area contributed by atoms with Gasteiger partial charge in [-0.1, -0.05) is 89.2 Å². The highest BCUT2D eigenvalue weighted by Crippen LogP contribution is 2.53. The number of piperazine rings is 1. The van der Waals surface area contributed by atoms with Crippen LogP contribution in [0.15, 0.2) is 12.1 Å². The molecule has 0 unspecified atom stereocenters. The van der Waals surface area contributed by atoms with E-state index in [9.17, 15) is 5.26 Å². The maximum Gasteiger partial charge on any atom is 0.200 e. The number of likely N-dealkylation sites (N-methyl/N-ethyl adjacent to an activating group) is 1. The minimum atomic E-state index is -2.18. The number of nitrogen functional groups attached to an aromatic ring is 1. The van der Waals surface area contributed by atoms with Gasteiger partial charge in [-0.05, 0) is 70.7 Å². The SMILES string of the molecule is COc1c(N)ccc2c1[C@H](CO[Si](C(C)C)(C(C)C)C(C)C)N1[C@H](C#N)[C@@H]3C[C@@H](CO[Si](C(C)C)(C(C)C)C(C)C)[C@H]([C@@H]1C2)N3C. The van der Waals surface area contributed by atoms with Gasteiger partial charge in [0.2, 0.25) is 0 Å². The van der Waals surface area contributed by atoms with Gasteiger partial charge in [0.1, 0.15) is 11.8 Å². The van der Waals surface area contributed by atoms with Crippen molar-refractivity contribution in [2.45, 2.75) is 159 Å².